The van der Waals surface area contributed by atoms with Crippen molar-refractivity contribution < 1.29 is 9.63 Å². The predicted octanol–water partition coefficient (Wildman–Crippen LogP) is 4.73. The fraction of sp³-hybridized carbons (Fsp3) is 0.556. The first kappa shape index (κ1) is 15.7. The van der Waals surface area contributed by atoms with Crippen molar-refractivity contribution >= 4 is 27.6 Å². The van der Waals surface area contributed by atoms with Gasteiger partial charge in [-0.15, -0.1) is 0 Å². The molecular weight excluding hydrogens is 342 g/mol. The van der Waals surface area contributed by atoms with Gasteiger partial charge < -0.3 is 4.84 Å². The highest BCUT2D eigenvalue weighted by atomic mass is 79.9. The summed E-state index contributed by atoms with van der Waals surface area (Å²) in [5.74, 6) is 0.258. The Hall–Kier alpha value is -1.16. The number of nitrogens with zero attached hydrogens (tertiary/aromatic N) is 1. The lowest BCUT2D eigenvalue weighted by molar-refractivity contribution is 0.0508. The molecule has 0 amide bonds. The van der Waals surface area contributed by atoms with Gasteiger partial charge in [0.05, 0.1) is 11.3 Å². The lowest BCUT2D eigenvalue weighted by Gasteiger charge is -2.36. The minimum atomic E-state index is -0.376. The summed E-state index contributed by atoms with van der Waals surface area (Å²) in [4.78, 5) is 17.4. The zero-order chi connectivity index (χ0) is 16.0. The lowest BCUT2D eigenvalue weighted by atomic mass is 9.70. The molecule has 22 heavy (non-hydrogen) atoms. The van der Waals surface area contributed by atoms with Crippen LogP contribution in [-0.2, 0) is 4.84 Å². The molecule has 118 valence electrons. The standard InChI is InChI=1S/C18H22BrNO2/c1-12-4-6-13(7-5-12)16(21)22-20-15-10-14-8-9-17(15,2)18(14,3)11-19/h4-7,14H,8-11H2,1-3H3/b20-15+/t14?,17?,18-/m0/s1. The maximum absolute atomic E-state index is 12.1. The van der Waals surface area contributed by atoms with E-state index in [1.165, 1.54) is 6.42 Å². The Morgan fingerprint density at radius 1 is 1.36 bits per heavy atom. The summed E-state index contributed by atoms with van der Waals surface area (Å²) in [5.41, 5.74) is 2.96. The van der Waals surface area contributed by atoms with Gasteiger partial charge in [-0.2, -0.15) is 0 Å². The van der Waals surface area contributed by atoms with Gasteiger partial charge >= 0.3 is 5.97 Å². The Balaban J connectivity index is 1.77. The minimum Gasteiger partial charge on any atom is -0.313 e. The van der Waals surface area contributed by atoms with E-state index in [1.807, 2.05) is 19.1 Å². The van der Waals surface area contributed by atoms with Crippen LogP contribution in [0.3, 0.4) is 0 Å². The Morgan fingerprint density at radius 3 is 2.64 bits per heavy atom. The van der Waals surface area contributed by atoms with Gasteiger partial charge in [0.1, 0.15) is 0 Å². The van der Waals surface area contributed by atoms with Gasteiger partial charge in [-0.25, -0.2) is 4.79 Å². The molecule has 0 heterocycles. The first-order valence-corrected chi connectivity index (χ1v) is 8.94. The molecule has 0 saturated heterocycles. The van der Waals surface area contributed by atoms with Crippen LogP contribution in [0.2, 0.25) is 0 Å². The minimum absolute atomic E-state index is 0.0364. The van der Waals surface area contributed by atoms with E-state index < -0.39 is 0 Å². The predicted molar refractivity (Wildman–Crippen MR) is 91.4 cm³/mol. The fourth-order valence-electron chi connectivity index (χ4n) is 4.01. The van der Waals surface area contributed by atoms with Crippen LogP contribution in [0.4, 0.5) is 0 Å². The Morgan fingerprint density at radius 2 is 2.05 bits per heavy atom. The molecule has 1 aromatic rings. The zero-order valence-corrected chi connectivity index (χ0v) is 14.9. The lowest BCUT2D eigenvalue weighted by Crippen LogP contribution is -2.36. The summed E-state index contributed by atoms with van der Waals surface area (Å²) < 4.78 is 0. The summed E-state index contributed by atoms with van der Waals surface area (Å²) in [6, 6.07) is 7.38. The molecular formula is C18H22BrNO2. The number of hydrogen-bond acceptors (Lipinski definition) is 3. The molecule has 1 aromatic carbocycles. The largest absolute Gasteiger partial charge is 0.365 e. The number of benzene rings is 1. The van der Waals surface area contributed by atoms with Crippen molar-refractivity contribution in [1.82, 2.24) is 0 Å². The van der Waals surface area contributed by atoms with E-state index in [0.717, 1.165) is 29.4 Å². The zero-order valence-electron chi connectivity index (χ0n) is 13.4. The maximum atomic E-state index is 12.1. The van der Waals surface area contributed by atoms with Crippen molar-refractivity contribution in [2.24, 2.45) is 21.9 Å². The van der Waals surface area contributed by atoms with Crippen LogP contribution in [0.15, 0.2) is 29.4 Å². The summed E-state index contributed by atoms with van der Waals surface area (Å²) in [6.07, 6.45) is 3.31. The number of fused-ring (bicyclic) bond motifs is 2. The van der Waals surface area contributed by atoms with E-state index in [0.29, 0.717) is 11.5 Å². The SMILES string of the molecule is Cc1ccc(C(=O)O/N=C2\CC3CCC2(C)[C@@]3(C)CBr)cc1. The van der Waals surface area contributed by atoms with Crippen molar-refractivity contribution in [3.63, 3.8) is 0 Å². The van der Waals surface area contributed by atoms with Crippen LogP contribution in [0.5, 0.6) is 0 Å². The molecule has 3 rings (SSSR count). The molecule has 2 aliphatic carbocycles. The van der Waals surface area contributed by atoms with E-state index in [9.17, 15) is 4.79 Å². The number of aryl methyl sites for hydroxylation is 1. The number of oxime groups is 1. The van der Waals surface area contributed by atoms with E-state index in [-0.39, 0.29) is 16.8 Å². The Bertz CT molecular complexity index is 624. The second-order valence-electron chi connectivity index (χ2n) is 7.11. The average Bonchev–Trinajstić information content (AvgIpc) is 2.89. The highest BCUT2D eigenvalue weighted by Gasteiger charge is 2.62. The van der Waals surface area contributed by atoms with Gasteiger partial charge in [0.25, 0.3) is 0 Å². The monoisotopic (exact) mass is 363 g/mol. The first-order valence-electron chi connectivity index (χ1n) is 7.82. The third kappa shape index (κ3) is 2.23. The molecule has 0 spiro atoms. The molecule has 0 aromatic heterocycles. The van der Waals surface area contributed by atoms with Crippen LogP contribution < -0.4 is 0 Å². The molecule has 2 aliphatic rings. The molecule has 2 saturated carbocycles. The van der Waals surface area contributed by atoms with Gasteiger partial charge in [-0.05, 0) is 49.7 Å². The third-order valence-electron chi connectivity index (χ3n) is 6.03. The maximum Gasteiger partial charge on any atom is 0.365 e. The van der Waals surface area contributed by atoms with Gasteiger partial charge in [-0.3, -0.25) is 0 Å². The van der Waals surface area contributed by atoms with Gasteiger partial charge in [0.15, 0.2) is 0 Å². The van der Waals surface area contributed by atoms with E-state index in [1.54, 1.807) is 12.1 Å². The molecule has 0 N–H and O–H groups in total. The van der Waals surface area contributed by atoms with E-state index in [4.69, 9.17) is 4.84 Å². The van der Waals surface area contributed by atoms with Crippen molar-refractivity contribution in [1.29, 1.82) is 0 Å². The topological polar surface area (TPSA) is 38.7 Å². The smallest absolute Gasteiger partial charge is 0.313 e. The van der Waals surface area contributed by atoms with E-state index in [2.05, 4.69) is 34.9 Å². The third-order valence-corrected chi connectivity index (χ3v) is 7.20. The van der Waals surface area contributed by atoms with Crippen LogP contribution in [0, 0.1) is 23.7 Å². The van der Waals surface area contributed by atoms with Crippen LogP contribution in [0.25, 0.3) is 0 Å². The summed E-state index contributed by atoms with van der Waals surface area (Å²) >= 11 is 3.68. The van der Waals surface area contributed by atoms with Crippen molar-refractivity contribution in [3.05, 3.63) is 35.4 Å². The highest BCUT2D eigenvalue weighted by molar-refractivity contribution is 9.09. The Kier molecular flexibility index (Phi) is 3.92. The molecule has 0 radical (unpaired) electrons. The summed E-state index contributed by atoms with van der Waals surface area (Å²) in [6.45, 7) is 6.58. The number of halogens is 1. The van der Waals surface area contributed by atoms with Crippen LogP contribution in [-0.4, -0.2) is 17.0 Å². The van der Waals surface area contributed by atoms with Crippen molar-refractivity contribution in [3.8, 4) is 0 Å². The molecule has 2 fully saturated rings. The number of hydrogen-bond donors (Lipinski definition) is 0. The first-order chi connectivity index (χ1) is 10.4. The number of carbonyl (C=O) groups is 1. The molecule has 0 aliphatic heterocycles. The highest BCUT2D eigenvalue weighted by Crippen LogP contribution is 2.64. The van der Waals surface area contributed by atoms with Crippen LogP contribution >= 0.6 is 15.9 Å². The van der Waals surface area contributed by atoms with Crippen molar-refractivity contribution in [2.45, 2.75) is 40.0 Å². The fourth-order valence-corrected chi connectivity index (χ4v) is 5.09. The second kappa shape index (κ2) is 5.48. The molecule has 2 bridgehead atoms. The normalized spacial score (nSPS) is 35.1. The van der Waals surface area contributed by atoms with Gasteiger partial charge in [0.2, 0.25) is 0 Å². The molecule has 2 unspecified atom stereocenters. The number of alkyl halides is 1. The van der Waals surface area contributed by atoms with Gasteiger partial charge in [0, 0.05) is 10.7 Å². The number of carbonyl (C=O) groups excluding carboxylic acids is 1. The summed E-state index contributed by atoms with van der Waals surface area (Å²) in [5, 5.41) is 5.23. The van der Waals surface area contributed by atoms with Crippen LogP contribution in [0.1, 0.15) is 49.0 Å². The quantitative estimate of drug-likeness (QED) is 0.442. The summed E-state index contributed by atoms with van der Waals surface area (Å²) in [7, 11) is 0. The second-order valence-corrected chi connectivity index (χ2v) is 7.67. The van der Waals surface area contributed by atoms with Gasteiger partial charge in [-0.1, -0.05) is 52.6 Å². The average molecular weight is 364 g/mol. The molecule has 3 nitrogen and oxygen atoms in total. The molecule has 4 heteroatoms. The Labute approximate surface area is 140 Å². The molecule has 3 atom stereocenters. The van der Waals surface area contributed by atoms with Crippen molar-refractivity contribution in [2.75, 3.05) is 5.33 Å². The van der Waals surface area contributed by atoms with E-state index >= 15 is 0 Å². The number of rotatable bonds is 3.